The molecule has 5 saturated carbocycles. The molecular weight excluding hydrogens is 408 g/mol. The Hall–Kier alpha value is -0.120. The van der Waals surface area contributed by atoms with Crippen LogP contribution in [0.3, 0.4) is 0 Å². The lowest BCUT2D eigenvalue weighted by atomic mass is 9.41. The quantitative estimate of drug-likeness (QED) is 0.449. The van der Waals surface area contributed by atoms with Crippen molar-refractivity contribution in [2.45, 2.75) is 137 Å². The first kappa shape index (κ1) is 24.6. The van der Waals surface area contributed by atoms with E-state index in [2.05, 4.69) is 34.6 Å². The van der Waals surface area contributed by atoms with E-state index in [1.807, 2.05) is 0 Å². The van der Waals surface area contributed by atoms with Gasteiger partial charge in [-0.05, 0) is 130 Å². The summed E-state index contributed by atoms with van der Waals surface area (Å²) in [6.45, 7) is 16.1. The molecule has 3 heteroatoms. The summed E-state index contributed by atoms with van der Waals surface area (Å²) in [6, 6.07) is 0. The first-order valence-corrected chi connectivity index (χ1v) is 14.2. The maximum Gasteiger partial charge on any atom is 0.0849 e. The number of aliphatic hydroxyl groups is 3. The number of hydrogen-bond donors (Lipinski definition) is 3. The van der Waals surface area contributed by atoms with E-state index >= 15 is 0 Å². The van der Waals surface area contributed by atoms with Gasteiger partial charge in [0.25, 0.3) is 0 Å². The van der Waals surface area contributed by atoms with Crippen molar-refractivity contribution in [1.29, 1.82) is 0 Å². The minimum absolute atomic E-state index is 0.0780. The third-order valence-corrected chi connectivity index (χ3v) is 13.4. The summed E-state index contributed by atoms with van der Waals surface area (Å²) in [4.78, 5) is 0. The third kappa shape index (κ3) is 3.03. The summed E-state index contributed by atoms with van der Waals surface area (Å²) < 4.78 is 0. The van der Waals surface area contributed by atoms with Crippen molar-refractivity contribution >= 4 is 0 Å². The van der Waals surface area contributed by atoms with Crippen molar-refractivity contribution < 1.29 is 15.3 Å². The molecule has 5 rings (SSSR count). The van der Waals surface area contributed by atoms with Gasteiger partial charge in [0.15, 0.2) is 0 Å². The topological polar surface area (TPSA) is 60.7 Å². The van der Waals surface area contributed by atoms with Crippen LogP contribution in [0.1, 0.15) is 119 Å². The number of aliphatic hydroxyl groups excluding tert-OH is 2. The number of fused-ring (bicyclic) bond motifs is 2. The largest absolute Gasteiger partial charge is 0.393 e. The molecule has 5 fully saturated rings. The van der Waals surface area contributed by atoms with E-state index in [9.17, 15) is 15.3 Å². The highest BCUT2D eigenvalue weighted by Gasteiger charge is 2.83. The second kappa shape index (κ2) is 7.22. The fourth-order valence-corrected chi connectivity index (χ4v) is 11.3. The Kier molecular flexibility index (Phi) is 5.38. The van der Waals surface area contributed by atoms with Gasteiger partial charge in [-0.15, -0.1) is 0 Å². The summed E-state index contributed by atoms with van der Waals surface area (Å²) in [5.74, 6) is 2.75. The maximum atomic E-state index is 11.4. The van der Waals surface area contributed by atoms with Gasteiger partial charge < -0.3 is 15.3 Å². The van der Waals surface area contributed by atoms with E-state index < -0.39 is 11.7 Å². The van der Waals surface area contributed by atoms with Crippen LogP contribution >= 0.6 is 0 Å². The summed E-state index contributed by atoms with van der Waals surface area (Å²) in [5, 5.41) is 32.1. The standard InChI is InChI=1S/C30H52O3/c1-19(8-11-23(31)26(4,5)33)20-12-15-28(7)22-10-9-21-25(2,3)14-13-24(32)30(21)18-29(22,30)17-16-27(20,28)6/h19-24,31-33H,8-18H2,1-7H3/t19-,20-,21+,22+,23?,24?,27-,28+,29+,30-/m1/s1. The summed E-state index contributed by atoms with van der Waals surface area (Å²) in [5.41, 5.74) is 0.698. The molecule has 3 N–H and O–H groups in total. The summed E-state index contributed by atoms with van der Waals surface area (Å²) in [6.07, 6.45) is 12.4. The molecule has 0 bridgehead atoms. The second-order valence-corrected chi connectivity index (χ2v) is 15.3. The van der Waals surface area contributed by atoms with Gasteiger partial charge in [-0.1, -0.05) is 34.6 Å². The Balaban J connectivity index is 1.39. The fraction of sp³-hybridized carbons (Fsp3) is 1.00. The lowest BCUT2D eigenvalue weighted by molar-refractivity contribution is -0.169. The predicted octanol–water partition coefficient (Wildman–Crippen LogP) is 6.33. The molecular formula is C30H52O3. The van der Waals surface area contributed by atoms with Gasteiger partial charge in [-0.3, -0.25) is 0 Å². The van der Waals surface area contributed by atoms with E-state index in [4.69, 9.17) is 0 Å². The Morgan fingerprint density at radius 3 is 2.18 bits per heavy atom. The van der Waals surface area contributed by atoms with Gasteiger partial charge in [-0.2, -0.15) is 0 Å². The Labute approximate surface area is 203 Å². The van der Waals surface area contributed by atoms with Gasteiger partial charge in [0.05, 0.1) is 17.8 Å². The lowest BCUT2D eigenvalue weighted by Gasteiger charge is -2.63. The van der Waals surface area contributed by atoms with E-state index in [1.165, 1.54) is 51.4 Å². The van der Waals surface area contributed by atoms with Crippen molar-refractivity contribution in [3.05, 3.63) is 0 Å². The zero-order valence-corrected chi connectivity index (χ0v) is 22.6. The van der Waals surface area contributed by atoms with Crippen molar-refractivity contribution in [1.82, 2.24) is 0 Å². The van der Waals surface area contributed by atoms with Crippen molar-refractivity contribution in [3.8, 4) is 0 Å². The first-order valence-electron chi connectivity index (χ1n) is 14.2. The van der Waals surface area contributed by atoms with Crippen LogP contribution in [0.4, 0.5) is 0 Å². The highest BCUT2D eigenvalue weighted by atomic mass is 16.3. The number of hydrogen-bond acceptors (Lipinski definition) is 3. The normalized spacial score (nSPS) is 52.2. The van der Waals surface area contributed by atoms with Crippen LogP contribution in [0.25, 0.3) is 0 Å². The Morgan fingerprint density at radius 2 is 1.52 bits per heavy atom. The van der Waals surface area contributed by atoms with Crippen LogP contribution < -0.4 is 0 Å². The van der Waals surface area contributed by atoms with Crippen LogP contribution in [0.2, 0.25) is 0 Å². The van der Waals surface area contributed by atoms with Crippen LogP contribution in [0, 0.1) is 50.7 Å². The molecule has 0 saturated heterocycles. The zero-order chi connectivity index (χ0) is 24.2. The van der Waals surface area contributed by atoms with Crippen molar-refractivity contribution in [2.24, 2.45) is 50.7 Å². The van der Waals surface area contributed by atoms with Crippen LogP contribution in [0.5, 0.6) is 0 Å². The molecule has 0 radical (unpaired) electrons. The third-order valence-electron chi connectivity index (χ3n) is 13.4. The van der Waals surface area contributed by atoms with Gasteiger partial charge in [0.1, 0.15) is 0 Å². The average Bonchev–Trinajstić information content (AvgIpc) is 3.33. The molecule has 2 unspecified atom stereocenters. The van der Waals surface area contributed by atoms with Crippen LogP contribution in [-0.2, 0) is 0 Å². The molecule has 0 heterocycles. The minimum Gasteiger partial charge on any atom is -0.393 e. The monoisotopic (exact) mass is 460 g/mol. The summed E-state index contributed by atoms with van der Waals surface area (Å²) in [7, 11) is 0. The molecule has 0 aromatic carbocycles. The molecule has 0 aromatic rings. The SMILES string of the molecule is C[C@H](CCC(O)C(C)(C)O)[C@H]1CC[C@@]2(C)[C@@H]3CC[C@H]4C(C)(C)CCC(O)[C@@]45C[C@@]35CC[C@]12C. The fourth-order valence-electron chi connectivity index (χ4n) is 11.3. The summed E-state index contributed by atoms with van der Waals surface area (Å²) >= 11 is 0. The molecule has 0 amide bonds. The smallest absolute Gasteiger partial charge is 0.0849 e. The van der Waals surface area contributed by atoms with Crippen molar-refractivity contribution in [2.75, 3.05) is 0 Å². The molecule has 0 aromatic heterocycles. The molecule has 5 aliphatic carbocycles. The lowest BCUT2D eigenvalue weighted by Crippen LogP contribution is -2.58. The van der Waals surface area contributed by atoms with Crippen LogP contribution in [0.15, 0.2) is 0 Å². The minimum atomic E-state index is -1.02. The maximum absolute atomic E-state index is 11.4. The van der Waals surface area contributed by atoms with Gasteiger partial charge in [0, 0.05) is 5.41 Å². The van der Waals surface area contributed by atoms with Crippen LogP contribution in [-0.4, -0.2) is 33.1 Å². The highest BCUT2D eigenvalue weighted by molar-refractivity contribution is 5.32. The Bertz CT molecular complexity index is 784. The van der Waals surface area contributed by atoms with E-state index in [0.717, 1.165) is 18.8 Å². The second-order valence-electron chi connectivity index (χ2n) is 15.3. The molecule has 2 spiro atoms. The predicted molar refractivity (Wildman–Crippen MR) is 134 cm³/mol. The number of rotatable bonds is 5. The zero-order valence-electron chi connectivity index (χ0n) is 22.6. The highest BCUT2D eigenvalue weighted by Crippen LogP contribution is 2.89. The van der Waals surface area contributed by atoms with Gasteiger partial charge in [0.2, 0.25) is 0 Å². The van der Waals surface area contributed by atoms with Crippen molar-refractivity contribution in [3.63, 3.8) is 0 Å². The van der Waals surface area contributed by atoms with E-state index in [0.29, 0.717) is 45.8 Å². The average molecular weight is 461 g/mol. The van der Waals surface area contributed by atoms with Gasteiger partial charge in [-0.25, -0.2) is 0 Å². The molecule has 0 aliphatic heterocycles. The van der Waals surface area contributed by atoms with E-state index in [-0.39, 0.29) is 11.5 Å². The molecule has 5 aliphatic rings. The molecule has 10 atom stereocenters. The molecule has 33 heavy (non-hydrogen) atoms. The molecule has 3 nitrogen and oxygen atoms in total. The Morgan fingerprint density at radius 1 is 0.848 bits per heavy atom. The van der Waals surface area contributed by atoms with Gasteiger partial charge >= 0.3 is 0 Å². The van der Waals surface area contributed by atoms with E-state index in [1.54, 1.807) is 13.8 Å². The first-order chi connectivity index (χ1) is 15.2. The molecule has 190 valence electrons.